The highest BCUT2D eigenvalue weighted by molar-refractivity contribution is 5.86. The zero-order valence-electron chi connectivity index (χ0n) is 13.2. The van der Waals surface area contributed by atoms with Gasteiger partial charge in [-0.05, 0) is 30.9 Å². The zero-order chi connectivity index (χ0) is 15.8. The number of rotatable bonds is 7. The van der Waals surface area contributed by atoms with E-state index in [1.807, 2.05) is 45.9 Å². The third-order valence-corrected chi connectivity index (χ3v) is 3.06. The predicted octanol–water partition coefficient (Wildman–Crippen LogP) is 1.60. The monoisotopic (exact) mass is 291 g/mol. The summed E-state index contributed by atoms with van der Waals surface area (Å²) in [7, 11) is 0. The van der Waals surface area contributed by atoms with E-state index in [0.29, 0.717) is 12.5 Å². The molecule has 0 bridgehead atoms. The van der Waals surface area contributed by atoms with Crippen LogP contribution in [0.25, 0.3) is 0 Å². The zero-order valence-corrected chi connectivity index (χ0v) is 13.2. The first-order valence-corrected chi connectivity index (χ1v) is 7.23. The second kappa shape index (κ2) is 8.29. The Hall–Kier alpha value is -2.04. The van der Waals surface area contributed by atoms with Gasteiger partial charge in [0.1, 0.15) is 0 Å². The molecule has 2 amide bonds. The average Bonchev–Trinajstić information content (AvgIpc) is 2.42. The van der Waals surface area contributed by atoms with Crippen molar-refractivity contribution >= 4 is 17.5 Å². The predicted molar refractivity (Wildman–Crippen MR) is 85.3 cm³/mol. The smallest absolute Gasteiger partial charge is 0.239 e. The quantitative estimate of drug-likeness (QED) is 0.714. The lowest BCUT2D eigenvalue weighted by Gasteiger charge is -2.13. The minimum atomic E-state index is -0.197. The normalized spacial score (nSPS) is 10.3. The third kappa shape index (κ3) is 6.29. The molecule has 0 saturated carbocycles. The molecule has 116 valence electrons. The van der Waals surface area contributed by atoms with Gasteiger partial charge in [0, 0.05) is 12.2 Å². The van der Waals surface area contributed by atoms with Crippen molar-refractivity contribution in [1.29, 1.82) is 0 Å². The second-order valence-corrected chi connectivity index (χ2v) is 5.60. The molecule has 0 atom stereocenters. The summed E-state index contributed by atoms with van der Waals surface area (Å²) >= 11 is 0. The first-order chi connectivity index (χ1) is 9.90. The van der Waals surface area contributed by atoms with Gasteiger partial charge in [-0.15, -0.1) is 0 Å². The van der Waals surface area contributed by atoms with Crippen LogP contribution < -0.4 is 16.0 Å². The number of carbonyl (C=O) groups excluding carboxylic acids is 2. The minimum Gasteiger partial charge on any atom is -0.376 e. The molecule has 0 aliphatic heterocycles. The van der Waals surface area contributed by atoms with Crippen molar-refractivity contribution in [3.63, 3.8) is 0 Å². The molecular weight excluding hydrogens is 266 g/mol. The van der Waals surface area contributed by atoms with Crippen LogP contribution in [0.5, 0.6) is 0 Å². The summed E-state index contributed by atoms with van der Waals surface area (Å²) in [5.74, 6) is 0.0387. The molecule has 0 fully saturated rings. The van der Waals surface area contributed by atoms with Gasteiger partial charge < -0.3 is 16.0 Å². The highest BCUT2D eigenvalue weighted by atomic mass is 16.2. The lowest BCUT2D eigenvalue weighted by molar-refractivity contribution is -0.125. The second-order valence-electron chi connectivity index (χ2n) is 5.60. The molecule has 1 rings (SSSR count). The summed E-state index contributed by atoms with van der Waals surface area (Å²) in [4.78, 5) is 23.2. The maximum Gasteiger partial charge on any atom is 0.239 e. The van der Waals surface area contributed by atoms with E-state index < -0.39 is 0 Å². The number of para-hydroxylation sites is 1. The summed E-state index contributed by atoms with van der Waals surface area (Å²) in [6, 6.07) is 5.97. The summed E-state index contributed by atoms with van der Waals surface area (Å²) in [6.07, 6.45) is 0. The molecular formula is C16H25N3O2. The van der Waals surface area contributed by atoms with E-state index in [1.165, 1.54) is 0 Å². The molecule has 21 heavy (non-hydrogen) atoms. The van der Waals surface area contributed by atoms with Gasteiger partial charge in [-0.25, -0.2) is 0 Å². The van der Waals surface area contributed by atoms with E-state index in [1.54, 1.807) is 0 Å². The van der Waals surface area contributed by atoms with Gasteiger partial charge in [-0.3, -0.25) is 9.59 Å². The van der Waals surface area contributed by atoms with Crippen molar-refractivity contribution in [1.82, 2.24) is 10.6 Å². The lowest BCUT2D eigenvalue weighted by atomic mass is 10.1. The molecule has 0 aliphatic carbocycles. The van der Waals surface area contributed by atoms with Crippen molar-refractivity contribution in [3.05, 3.63) is 29.3 Å². The van der Waals surface area contributed by atoms with Gasteiger partial charge >= 0.3 is 0 Å². The van der Waals surface area contributed by atoms with E-state index in [-0.39, 0.29) is 24.9 Å². The van der Waals surface area contributed by atoms with Gasteiger partial charge in [0.15, 0.2) is 0 Å². The average molecular weight is 291 g/mol. The highest BCUT2D eigenvalue weighted by Gasteiger charge is 2.07. The Kier molecular flexibility index (Phi) is 6.72. The highest BCUT2D eigenvalue weighted by Crippen LogP contribution is 2.18. The van der Waals surface area contributed by atoms with Crippen molar-refractivity contribution < 1.29 is 9.59 Å². The standard InChI is InChI=1S/C16H25N3O2/c1-11(2)8-17-14(20)9-18-15(21)10-19-16-12(3)6-5-7-13(16)4/h5-7,11,19H,8-10H2,1-4H3,(H,17,20)(H,18,21). The van der Waals surface area contributed by atoms with E-state index >= 15 is 0 Å². The van der Waals surface area contributed by atoms with E-state index in [0.717, 1.165) is 16.8 Å². The largest absolute Gasteiger partial charge is 0.376 e. The maximum atomic E-state index is 11.7. The first kappa shape index (κ1) is 17.0. The van der Waals surface area contributed by atoms with Crippen LogP contribution in [0.15, 0.2) is 18.2 Å². The number of anilines is 1. The topological polar surface area (TPSA) is 70.2 Å². The van der Waals surface area contributed by atoms with Gasteiger partial charge in [-0.2, -0.15) is 0 Å². The Labute approximate surface area is 126 Å². The number of amides is 2. The van der Waals surface area contributed by atoms with E-state index in [9.17, 15) is 9.59 Å². The van der Waals surface area contributed by atoms with Crippen molar-refractivity contribution in [2.75, 3.05) is 25.0 Å². The number of hydrogen-bond acceptors (Lipinski definition) is 3. The number of carbonyl (C=O) groups is 2. The SMILES string of the molecule is Cc1cccc(C)c1NCC(=O)NCC(=O)NCC(C)C. The molecule has 0 unspecified atom stereocenters. The Bertz CT molecular complexity index is 478. The van der Waals surface area contributed by atoms with Crippen LogP contribution >= 0.6 is 0 Å². The molecule has 0 radical (unpaired) electrons. The van der Waals surface area contributed by atoms with Gasteiger partial charge in [-0.1, -0.05) is 32.0 Å². The third-order valence-electron chi connectivity index (χ3n) is 3.06. The summed E-state index contributed by atoms with van der Waals surface area (Å²) in [5, 5.41) is 8.47. The minimum absolute atomic E-state index is 0.0139. The molecule has 1 aromatic rings. The van der Waals surface area contributed by atoms with Crippen molar-refractivity contribution in [2.24, 2.45) is 5.92 Å². The van der Waals surface area contributed by atoms with Gasteiger partial charge in [0.25, 0.3) is 0 Å². The summed E-state index contributed by atoms with van der Waals surface area (Å²) in [6.45, 7) is 8.82. The van der Waals surface area contributed by atoms with Crippen LogP contribution in [-0.4, -0.2) is 31.4 Å². The summed E-state index contributed by atoms with van der Waals surface area (Å²) in [5.41, 5.74) is 3.16. The van der Waals surface area contributed by atoms with Crippen LogP contribution in [0.1, 0.15) is 25.0 Å². The molecule has 5 heteroatoms. The Morgan fingerprint density at radius 2 is 1.57 bits per heavy atom. The van der Waals surface area contributed by atoms with Gasteiger partial charge in [0.05, 0.1) is 13.1 Å². The van der Waals surface area contributed by atoms with Gasteiger partial charge in [0.2, 0.25) is 11.8 Å². The molecule has 0 heterocycles. The molecule has 5 nitrogen and oxygen atoms in total. The number of nitrogens with one attached hydrogen (secondary N) is 3. The van der Waals surface area contributed by atoms with Crippen LogP contribution in [-0.2, 0) is 9.59 Å². The van der Waals surface area contributed by atoms with Crippen molar-refractivity contribution in [3.8, 4) is 0 Å². The van der Waals surface area contributed by atoms with Crippen molar-refractivity contribution in [2.45, 2.75) is 27.7 Å². The van der Waals surface area contributed by atoms with E-state index in [2.05, 4.69) is 16.0 Å². The van der Waals surface area contributed by atoms with Crippen LogP contribution in [0.3, 0.4) is 0 Å². The maximum absolute atomic E-state index is 11.7. The molecule has 3 N–H and O–H groups in total. The number of aryl methyl sites for hydroxylation is 2. The molecule has 0 saturated heterocycles. The molecule has 1 aromatic carbocycles. The molecule has 0 aromatic heterocycles. The Balaban J connectivity index is 2.33. The van der Waals surface area contributed by atoms with Crippen LogP contribution in [0, 0.1) is 19.8 Å². The molecule has 0 aliphatic rings. The number of benzene rings is 1. The first-order valence-electron chi connectivity index (χ1n) is 7.23. The van der Waals surface area contributed by atoms with E-state index in [4.69, 9.17) is 0 Å². The molecule has 0 spiro atoms. The van der Waals surface area contributed by atoms with Crippen LogP contribution in [0.2, 0.25) is 0 Å². The number of hydrogen-bond donors (Lipinski definition) is 3. The Morgan fingerprint density at radius 1 is 1.00 bits per heavy atom. The fraction of sp³-hybridized carbons (Fsp3) is 0.500. The Morgan fingerprint density at radius 3 is 2.14 bits per heavy atom. The fourth-order valence-electron chi connectivity index (χ4n) is 1.88. The summed E-state index contributed by atoms with van der Waals surface area (Å²) < 4.78 is 0. The lowest BCUT2D eigenvalue weighted by Crippen LogP contribution is -2.40. The van der Waals surface area contributed by atoms with Crippen LogP contribution in [0.4, 0.5) is 5.69 Å². The fourth-order valence-corrected chi connectivity index (χ4v) is 1.88.